The third kappa shape index (κ3) is 3.10. The van der Waals surface area contributed by atoms with Crippen molar-refractivity contribution in [1.82, 2.24) is 15.1 Å². The van der Waals surface area contributed by atoms with Crippen LogP contribution in [-0.2, 0) is 22.6 Å². The van der Waals surface area contributed by atoms with Gasteiger partial charge in [-0.25, -0.2) is 9.69 Å². The van der Waals surface area contributed by atoms with Crippen LogP contribution in [0, 0.1) is 5.92 Å². The molecular formula is C20H26N4O3. The Morgan fingerprint density at radius 1 is 1.22 bits per heavy atom. The van der Waals surface area contributed by atoms with E-state index in [1.807, 2.05) is 29.2 Å². The third-order valence-electron chi connectivity index (χ3n) is 6.37. The highest BCUT2D eigenvalue weighted by Gasteiger charge is 2.52. The number of nitrogens with two attached hydrogens (primary N) is 1. The molecule has 7 heteroatoms. The Balaban J connectivity index is 1.55. The first kappa shape index (κ1) is 18.0. The van der Waals surface area contributed by atoms with Crippen LogP contribution in [0.2, 0.25) is 0 Å². The van der Waals surface area contributed by atoms with Crippen molar-refractivity contribution in [1.29, 1.82) is 0 Å². The number of hydrogen-bond acceptors (Lipinski definition) is 4. The van der Waals surface area contributed by atoms with E-state index in [-0.39, 0.29) is 18.6 Å². The molecule has 27 heavy (non-hydrogen) atoms. The Bertz CT molecular complexity index is 785. The summed E-state index contributed by atoms with van der Waals surface area (Å²) in [6.07, 6.45) is 3.72. The van der Waals surface area contributed by atoms with Gasteiger partial charge in [0.15, 0.2) is 0 Å². The molecule has 1 atom stereocenters. The number of nitrogens with zero attached hydrogens (tertiary/aromatic N) is 2. The second kappa shape index (κ2) is 6.64. The van der Waals surface area contributed by atoms with Gasteiger partial charge in [0, 0.05) is 6.54 Å². The Kier molecular flexibility index (Phi) is 4.42. The monoisotopic (exact) mass is 370 g/mol. The summed E-state index contributed by atoms with van der Waals surface area (Å²) < 4.78 is 0. The number of imide groups is 1. The highest BCUT2D eigenvalue weighted by molar-refractivity contribution is 6.07. The van der Waals surface area contributed by atoms with Gasteiger partial charge in [-0.15, -0.1) is 0 Å². The number of urea groups is 1. The Hall–Kier alpha value is -2.41. The standard InChI is InChI=1S/C20H26N4O3/c1-13-6-8-20(9-7-13)18(26)24(19(27)22-20)12-23-11-15-5-3-2-4-14(15)10-16(23)17(21)25/h2-5,13,16H,6-12H2,1H3,(H2,21,25)(H,22,27)/t13?,16-,20?/m1/s1. The third-order valence-corrected chi connectivity index (χ3v) is 6.37. The van der Waals surface area contributed by atoms with Crippen LogP contribution in [0.3, 0.4) is 0 Å². The number of amides is 4. The highest BCUT2D eigenvalue weighted by Crippen LogP contribution is 2.36. The van der Waals surface area contributed by atoms with Crippen molar-refractivity contribution in [2.24, 2.45) is 11.7 Å². The minimum atomic E-state index is -0.764. The second-order valence-electron chi connectivity index (χ2n) is 8.21. The van der Waals surface area contributed by atoms with Crippen LogP contribution in [-0.4, -0.2) is 45.9 Å². The molecule has 0 radical (unpaired) electrons. The Labute approximate surface area is 158 Å². The quantitative estimate of drug-likeness (QED) is 0.785. The molecule has 7 nitrogen and oxygen atoms in total. The molecule has 2 fully saturated rings. The number of hydrogen-bond donors (Lipinski definition) is 2. The molecule has 3 N–H and O–H groups in total. The zero-order valence-corrected chi connectivity index (χ0v) is 15.6. The molecule has 2 aliphatic heterocycles. The maximum Gasteiger partial charge on any atom is 0.326 e. The van der Waals surface area contributed by atoms with Gasteiger partial charge in [0.2, 0.25) is 5.91 Å². The smallest absolute Gasteiger partial charge is 0.326 e. The summed E-state index contributed by atoms with van der Waals surface area (Å²) in [6.45, 7) is 2.75. The van der Waals surface area contributed by atoms with Gasteiger partial charge < -0.3 is 11.1 Å². The SMILES string of the molecule is CC1CCC2(CC1)NC(=O)N(CN1Cc3ccccc3C[C@@H]1C(N)=O)C2=O. The van der Waals surface area contributed by atoms with Gasteiger partial charge in [-0.2, -0.15) is 0 Å². The molecule has 2 heterocycles. The molecule has 1 aromatic rings. The molecule has 0 bridgehead atoms. The molecule has 4 rings (SSSR count). The van der Waals surface area contributed by atoms with E-state index in [9.17, 15) is 14.4 Å². The predicted octanol–water partition coefficient (Wildman–Crippen LogP) is 1.36. The summed E-state index contributed by atoms with van der Waals surface area (Å²) in [7, 11) is 0. The van der Waals surface area contributed by atoms with Crippen molar-refractivity contribution in [3.63, 3.8) is 0 Å². The number of primary amides is 1. The van der Waals surface area contributed by atoms with E-state index >= 15 is 0 Å². The molecule has 4 amide bonds. The average molecular weight is 370 g/mol. The van der Waals surface area contributed by atoms with E-state index < -0.39 is 17.5 Å². The zero-order valence-electron chi connectivity index (χ0n) is 15.6. The van der Waals surface area contributed by atoms with Crippen LogP contribution < -0.4 is 11.1 Å². The van der Waals surface area contributed by atoms with Crippen molar-refractivity contribution >= 4 is 17.8 Å². The van der Waals surface area contributed by atoms with Gasteiger partial charge >= 0.3 is 6.03 Å². The van der Waals surface area contributed by atoms with Gasteiger partial charge in [0.05, 0.1) is 12.7 Å². The average Bonchev–Trinajstić information content (AvgIpc) is 2.88. The highest BCUT2D eigenvalue weighted by atomic mass is 16.2. The van der Waals surface area contributed by atoms with Gasteiger partial charge in [-0.3, -0.25) is 14.5 Å². The first-order chi connectivity index (χ1) is 12.9. The van der Waals surface area contributed by atoms with E-state index in [4.69, 9.17) is 5.73 Å². The van der Waals surface area contributed by atoms with Gasteiger partial charge in [-0.1, -0.05) is 31.2 Å². The van der Waals surface area contributed by atoms with E-state index in [0.29, 0.717) is 31.7 Å². The van der Waals surface area contributed by atoms with E-state index in [1.54, 1.807) is 0 Å². The summed E-state index contributed by atoms with van der Waals surface area (Å²) >= 11 is 0. The van der Waals surface area contributed by atoms with Crippen molar-refractivity contribution in [3.8, 4) is 0 Å². The molecule has 3 aliphatic rings. The minimum Gasteiger partial charge on any atom is -0.368 e. The summed E-state index contributed by atoms with van der Waals surface area (Å²) in [6, 6.07) is 7.01. The van der Waals surface area contributed by atoms with Crippen LogP contribution in [0.5, 0.6) is 0 Å². The van der Waals surface area contributed by atoms with Crippen molar-refractivity contribution in [2.45, 2.75) is 57.2 Å². The molecule has 1 aromatic carbocycles. The maximum absolute atomic E-state index is 13.1. The van der Waals surface area contributed by atoms with Crippen molar-refractivity contribution in [3.05, 3.63) is 35.4 Å². The second-order valence-corrected chi connectivity index (χ2v) is 8.21. The fourth-order valence-electron chi connectivity index (χ4n) is 4.59. The lowest BCUT2D eigenvalue weighted by molar-refractivity contribution is -0.136. The zero-order chi connectivity index (χ0) is 19.2. The molecule has 1 saturated carbocycles. The number of carbonyl (C=O) groups is 3. The largest absolute Gasteiger partial charge is 0.368 e. The lowest BCUT2D eigenvalue weighted by Crippen LogP contribution is -2.54. The predicted molar refractivity (Wildman–Crippen MR) is 99.3 cm³/mol. The normalized spacial score (nSPS) is 31.1. The maximum atomic E-state index is 13.1. The number of fused-ring (bicyclic) bond motifs is 1. The Morgan fingerprint density at radius 3 is 2.56 bits per heavy atom. The molecule has 144 valence electrons. The minimum absolute atomic E-state index is 0.0872. The van der Waals surface area contributed by atoms with Gasteiger partial charge in [-0.05, 0) is 49.1 Å². The van der Waals surface area contributed by atoms with Crippen LogP contribution in [0.4, 0.5) is 4.79 Å². The molecule has 1 saturated heterocycles. The summed E-state index contributed by atoms with van der Waals surface area (Å²) in [5, 5.41) is 2.94. The number of benzene rings is 1. The summed E-state index contributed by atoms with van der Waals surface area (Å²) in [5.41, 5.74) is 7.05. The van der Waals surface area contributed by atoms with E-state index in [0.717, 1.165) is 24.0 Å². The number of nitrogens with one attached hydrogen (secondary N) is 1. The molecule has 1 spiro atoms. The fourth-order valence-corrected chi connectivity index (χ4v) is 4.59. The van der Waals surface area contributed by atoms with Gasteiger partial charge in [0.25, 0.3) is 5.91 Å². The molecular weight excluding hydrogens is 344 g/mol. The van der Waals surface area contributed by atoms with Crippen LogP contribution in [0.1, 0.15) is 43.7 Å². The fraction of sp³-hybridized carbons (Fsp3) is 0.550. The molecule has 1 aliphatic carbocycles. The van der Waals surface area contributed by atoms with E-state index in [2.05, 4.69) is 12.2 Å². The van der Waals surface area contributed by atoms with Crippen LogP contribution >= 0.6 is 0 Å². The Morgan fingerprint density at radius 2 is 1.89 bits per heavy atom. The summed E-state index contributed by atoms with van der Waals surface area (Å²) in [5.74, 6) is -0.0218. The first-order valence-corrected chi connectivity index (χ1v) is 9.64. The lowest BCUT2D eigenvalue weighted by Gasteiger charge is -2.37. The van der Waals surface area contributed by atoms with Crippen LogP contribution in [0.25, 0.3) is 0 Å². The molecule has 0 aromatic heterocycles. The van der Waals surface area contributed by atoms with Crippen molar-refractivity contribution < 1.29 is 14.4 Å². The molecule has 0 unspecified atom stereocenters. The summed E-state index contributed by atoms with van der Waals surface area (Å²) in [4.78, 5) is 40.8. The van der Waals surface area contributed by atoms with Crippen LogP contribution in [0.15, 0.2) is 24.3 Å². The topological polar surface area (TPSA) is 95.7 Å². The first-order valence-electron chi connectivity index (χ1n) is 9.64. The number of rotatable bonds is 3. The van der Waals surface area contributed by atoms with E-state index in [1.165, 1.54) is 4.90 Å². The lowest BCUT2D eigenvalue weighted by atomic mass is 9.77. The number of carbonyl (C=O) groups excluding carboxylic acids is 3. The van der Waals surface area contributed by atoms with Gasteiger partial charge in [0.1, 0.15) is 5.54 Å². The van der Waals surface area contributed by atoms with Crippen molar-refractivity contribution in [2.75, 3.05) is 6.67 Å².